The molecule has 0 aromatic heterocycles. The molecule has 0 radical (unpaired) electrons. The van der Waals surface area contributed by atoms with Crippen molar-refractivity contribution >= 4 is 15.7 Å². The number of ether oxygens (including phenoxy) is 1. The first-order chi connectivity index (χ1) is 9.25. The molecule has 112 valence electrons. The molecule has 8 heteroatoms. The highest BCUT2D eigenvalue weighted by molar-refractivity contribution is 7.89. The van der Waals surface area contributed by atoms with E-state index in [2.05, 4.69) is 0 Å². The minimum absolute atomic E-state index is 0.167. The maximum absolute atomic E-state index is 13.8. The number of halogens is 2. The predicted octanol–water partition coefficient (Wildman–Crippen LogP) is 1.34. The van der Waals surface area contributed by atoms with E-state index in [4.69, 9.17) is 10.5 Å². The van der Waals surface area contributed by atoms with Gasteiger partial charge < -0.3 is 10.5 Å². The lowest BCUT2D eigenvalue weighted by Gasteiger charge is -2.26. The van der Waals surface area contributed by atoms with Crippen molar-refractivity contribution in [2.45, 2.75) is 30.4 Å². The third-order valence-corrected chi connectivity index (χ3v) is 5.40. The lowest BCUT2D eigenvalue weighted by Crippen LogP contribution is -2.41. The van der Waals surface area contributed by atoms with Gasteiger partial charge >= 0.3 is 0 Å². The molecule has 1 aromatic rings. The highest BCUT2D eigenvalue weighted by atomic mass is 32.2. The zero-order valence-electron chi connectivity index (χ0n) is 11.1. The van der Waals surface area contributed by atoms with E-state index in [9.17, 15) is 17.2 Å². The number of benzene rings is 1. The Morgan fingerprint density at radius 2 is 1.90 bits per heavy atom. The van der Waals surface area contributed by atoms with Gasteiger partial charge in [0.05, 0.1) is 12.1 Å². The molecule has 5 nitrogen and oxygen atoms in total. The Morgan fingerprint density at radius 1 is 1.35 bits per heavy atom. The Balaban J connectivity index is 2.45. The summed E-state index contributed by atoms with van der Waals surface area (Å²) in [6.07, 6.45) is 0.157. The predicted molar refractivity (Wildman–Crippen MR) is 69.5 cm³/mol. The number of rotatable bonds is 3. The Bertz CT molecular complexity index is 598. The highest BCUT2D eigenvalue weighted by Crippen LogP contribution is 2.28. The second kappa shape index (κ2) is 5.27. The Labute approximate surface area is 116 Å². The summed E-state index contributed by atoms with van der Waals surface area (Å²) >= 11 is 0. The van der Waals surface area contributed by atoms with Crippen molar-refractivity contribution in [3.8, 4) is 0 Å². The average Bonchev–Trinajstić information content (AvgIpc) is 2.72. The fourth-order valence-corrected chi connectivity index (χ4v) is 3.88. The molecule has 20 heavy (non-hydrogen) atoms. The van der Waals surface area contributed by atoms with Crippen molar-refractivity contribution < 1.29 is 21.9 Å². The minimum atomic E-state index is -4.29. The molecule has 1 aliphatic heterocycles. The quantitative estimate of drug-likeness (QED) is 0.856. The second-order valence-corrected chi connectivity index (χ2v) is 6.70. The first-order valence-electron chi connectivity index (χ1n) is 6.09. The molecule has 0 bridgehead atoms. The number of likely N-dealkylation sites (N-methyl/N-ethyl adjacent to an activating group) is 1. The van der Waals surface area contributed by atoms with Gasteiger partial charge in [0.15, 0.2) is 4.90 Å². The second-order valence-electron chi connectivity index (χ2n) is 4.77. The molecule has 0 spiro atoms. The van der Waals surface area contributed by atoms with Crippen molar-refractivity contribution in [3.63, 3.8) is 0 Å². The van der Waals surface area contributed by atoms with Crippen molar-refractivity contribution in [3.05, 3.63) is 23.8 Å². The lowest BCUT2D eigenvalue weighted by molar-refractivity contribution is 0.102. The SMILES string of the molecule is CC1OCCC1N(C)S(=O)(=O)c1c(F)cc(N)cc1F. The Kier molecular flexibility index (Phi) is 3.99. The summed E-state index contributed by atoms with van der Waals surface area (Å²) in [7, 11) is -2.99. The molecule has 1 saturated heterocycles. The first-order valence-corrected chi connectivity index (χ1v) is 7.53. The molecule has 2 rings (SSSR count). The van der Waals surface area contributed by atoms with Gasteiger partial charge in [-0.1, -0.05) is 0 Å². The van der Waals surface area contributed by atoms with E-state index in [1.54, 1.807) is 6.92 Å². The molecule has 1 heterocycles. The normalized spacial score (nSPS) is 23.4. The summed E-state index contributed by atoms with van der Waals surface area (Å²) in [4.78, 5) is -0.978. The molecule has 2 atom stereocenters. The van der Waals surface area contributed by atoms with Crippen LogP contribution in [0.3, 0.4) is 0 Å². The molecule has 1 fully saturated rings. The smallest absolute Gasteiger partial charge is 0.249 e. The number of nitrogens with two attached hydrogens (primary N) is 1. The molecule has 2 unspecified atom stereocenters. The topological polar surface area (TPSA) is 72.6 Å². The average molecular weight is 306 g/mol. The van der Waals surface area contributed by atoms with Gasteiger partial charge in [-0.05, 0) is 25.5 Å². The Morgan fingerprint density at radius 3 is 2.35 bits per heavy atom. The fraction of sp³-hybridized carbons (Fsp3) is 0.500. The van der Waals surface area contributed by atoms with Crippen LogP contribution in [0.5, 0.6) is 0 Å². The third kappa shape index (κ3) is 2.50. The molecule has 0 saturated carbocycles. The van der Waals surface area contributed by atoms with Crippen LogP contribution in [-0.4, -0.2) is 38.5 Å². The van der Waals surface area contributed by atoms with Gasteiger partial charge in [0, 0.05) is 19.3 Å². The van der Waals surface area contributed by atoms with Gasteiger partial charge in [-0.25, -0.2) is 17.2 Å². The number of anilines is 1. The van der Waals surface area contributed by atoms with E-state index < -0.39 is 32.6 Å². The minimum Gasteiger partial charge on any atom is -0.399 e. The van der Waals surface area contributed by atoms with E-state index >= 15 is 0 Å². The van der Waals surface area contributed by atoms with Crippen LogP contribution >= 0.6 is 0 Å². The number of hydrogen-bond donors (Lipinski definition) is 1. The van der Waals surface area contributed by atoms with Crippen LogP contribution in [0, 0.1) is 11.6 Å². The van der Waals surface area contributed by atoms with E-state index in [0.29, 0.717) is 13.0 Å². The number of sulfonamides is 1. The van der Waals surface area contributed by atoms with Crippen molar-refractivity contribution in [2.75, 3.05) is 19.4 Å². The Hall–Kier alpha value is -1.25. The fourth-order valence-electron chi connectivity index (χ4n) is 2.35. The zero-order chi connectivity index (χ0) is 15.1. The van der Waals surface area contributed by atoms with Gasteiger partial charge in [-0.15, -0.1) is 0 Å². The molecule has 1 aromatic carbocycles. The van der Waals surface area contributed by atoms with Gasteiger partial charge in [0.1, 0.15) is 11.6 Å². The van der Waals surface area contributed by atoms with Crippen LogP contribution in [-0.2, 0) is 14.8 Å². The summed E-state index contributed by atoms with van der Waals surface area (Å²) in [5.41, 5.74) is 5.12. The van der Waals surface area contributed by atoms with Crippen LogP contribution in [0.15, 0.2) is 17.0 Å². The maximum atomic E-state index is 13.8. The zero-order valence-corrected chi connectivity index (χ0v) is 12.0. The molecule has 2 N–H and O–H groups in total. The van der Waals surface area contributed by atoms with E-state index in [0.717, 1.165) is 16.4 Å². The van der Waals surface area contributed by atoms with Crippen LogP contribution in [0.4, 0.5) is 14.5 Å². The molecular weight excluding hydrogens is 290 g/mol. The standard InChI is InChI=1S/C12H16F2N2O3S/c1-7-11(3-4-19-7)16(2)20(17,18)12-9(13)5-8(15)6-10(12)14/h5-7,11H,3-4,15H2,1-2H3. The van der Waals surface area contributed by atoms with Gasteiger partial charge in [-0.2, -0.15) is 4.31 Å². The summed E-state index contributed by atoms with van der Waals surface area (Å²) in [5, 5.41) is 0. The van der Waals surface area contributed by atoms with Gasteiger partial charge in [0.25, 0.3) is 0 Å². The molecule has 0 aliphatic carbocycles. The first kappa shape index (κ1) is 15.1. The summed E-state index contributed by atoms with van der Waals surface area (Å²) in [6, 6.07) is 1.13. The number of hydrogen-bond acceptors (Lipinski definition) is 4. The molecule has 0 amide bonds. The lowest BCUT2D eigenvalue weighted by atomic mass is 10.2. The largest absolute Gasteiger partial charge is 0.399 e. The number of nitrogens with zero attached hydrogens (tertiary/aromatic N) is 1. The van der Waals surface area contributed by atoms with Gasteiger partial charge in [-0.3, -0.25) is 0 Å². The molecular formula is C12H16F2N2O3S. The van der Waals surface area contributed by atoms with Crippen molar-refractivity contribution in [1.29, 1.82) is 0 Å². The van der Waals surface area contributed by atoms with Gasteiger partial charge in [0.2, 0.25) is 10.0 Å². The van der Waals surface area contributed by atoms with Crippen molar-refractivity contribution in [1.82, 2.24) is 4.31 Å². The summed E-state index contributed by atoms with van der Waals surface area (Å²) in [6.45, 7) is 2.14. The van der Waals surface area contributed by atoms with Crippen LogP contribution < -0.4 is 5.73 Å². The summed E-state index contributed by atoms with van der Waals surface area (Å²) in [5.74, 6) is -2.39. The highest BCUT2D eigenvalue weighted by Gasteiger charge is 2.38. The maximum Gasteiger partial charge on any atom is 0.249 e. The van der Waals surface area contributed by atoms with Crippen LogP contribution in [0.2, 0.25) is 0 Å². The summed E-state index contributed by atoms with van der Waals surface area (Å²) < 4.78 is 58.6. The van der Waals surface area contributed by atoms with E-state index in [1.165, 1.54) is 7.05 Å². The van der Waals surface area contributed by atoms with E-state index in [-0.39, 0.29) is 11.8 Å². The molecule has 1 aliphatic rings. The van der Waals surface area contributed by atoms with E-state index in [1.807, 2.05) is 0 Å². The number of nitrogen functional groups attached to an aromatic ring is 1. The van der Waals surface area contributed by atoms with Crippen LogP contribution in [0.1, 0.15) is 13.3 Å². The van der Waals surface area contributed by atoms with Crippen LogP contribution in [0.25, 0.3) is 0 Å². The van der Waals surface area contributed by atoms with Crippen molar-refractivity contribution in [2.24, 2.45) is 0 Å². The third-order valence-electron chi connectivity index (χ3n) is 3.46. The monoisotopic (exact) mass is 306 g/mol.